The third-order valence-electron chi connectivity index (χ3n) is 4.51. The van der Waals surface area contributed by atoms with Gasteiger partial charge in [0.2, 0.25) is 15.2 Å². The molecule has 1 aliphatic heterocycles. The molecule has 1 fully saturated rings. The van der Waals surface area contributed by atoms with Crippen LogP contribution in [-0.4, -0.2) is 41.9 Å². The average Bonchev–Trinajstić information content (AvgIpc) is 3.37. The van der Waals surface area contributed by atoms with E-state index in [2.05, 4.69) is 29.4 Å². The molecule has 26 heavy (non-hydrogen) atoms. The van der Waals surface area contributed by atoms with Crippen LogP contribution in [0.25, 0.3) is 0 Å². The molecule has 0 spiro atoms. The van der Waals surface area contributed by atoms with Crippen molar-refractivity contribution in [2.45, 2.75) is 50.3 Å². The molecule has 0 saturated carbocycles. The van der Waals surface area contributed by atoms with Crippen molar-refractivity contribution in [3.63, 3.8) is 0 Å². The van der Waals surface area contributed by atoms with Gasteiger partial charge in [0.1, 0.15) is 14.8 Å². The van der Waals surface area contributed by atoms with E-state index < -0.39 is 15.9 Å². The highest BCUT2D eigenvalue weighted by Gasteiger charge is 2.32. The van der Waals surface area contributed by atoms with Crippen LogP contribution in [0, 0.1) is 0 Å². The van der Waals surface area contributed by atoms with Gasteiger partial charge < -0.3 is 0 Å². The molecule has 2 aromatic rings. The Morgan fingerprint density at radius 3 is 2.62 bits per heavy atom. The molecule has 0 aromatic carbocycles. The van der Waals surface area contributed by atoms with Crippen LogP contribution in [0.15, 0.2) is 16.3 Å². The summed E-state index contributed by atoms with van der Waals surface area (Å²) in [6.45, 7) is 5.20. The van der Waals surface area contributed by atoms with Crippen LogP contribution in [0.4, 0.5) is 5.13 Å². The lowest BCUT2D eigenvalue weighted by atomic mass is 10.1. The predicted octanol–water partition coefficient (Wildman–Crippen LogP) is 3.54. The summed E-state index contributed by atoms with van der Waals surface area (Å²) in [4.78, 5) is 12.9. The van der Waals surface area contributed by atoms with Gasteiger partial charge >= 0.3 is 0 Å². The number of rotatable bonds is 7. The second-order valence-corrected chi connectivity index (χ2v) is 9.97. The summed E-state index contributed by atoms with van der Waals surface area (Å²) in [5.74, 6) is -0.129. The van der Waals surface area contributed by atoms with Gasteiger partial charge in [-0.05, 0) is 37.1 Å². The molecule has 10 heteroatoms. The van der Waals surface area contributed by atoms with Gasteiger partial charge in [0.05, 0.1) is 0 Å². The molecule has 3 rings (SSSR count). The maximum atomic E-state index is 12.8. The zero-order chi connectivity index (χ0) is 18.7. The molecule has 0 unspecified atom stereocenters. The molecular weight excluding hydrogens is 392 g/mol. The summed E-state index contributed by atoms with van der Waals surface area (Å²) in [5.41, 5.74) is 0. The minimum Gasteiger partial charge on any atom is -0.296 e. The van der Waals surface area contributed by atoms with Crippen LogP contribution in [-0.2, 0) is 10.0 Å². The molecule has 0 atom stereocenters. The smallest absolute Gasteiger partial charge is 0.268 e. The van der Waals surface area contributed by atoms with E-state index in [-0.39, 0.29) is 9.77 Å². The van der Waals surface area contributed by atoms with E-state index in [1.54, 1.807) is 5.38 Å². The Bertz CT molecular complexity index is 865. The molecule has 7 nitrogen and oxygen atoms in total. The molecule has 142 valence electrons. The van der Waals surface area contributed by atoms with Crippen molar-refractivity contribution in [1.82, 2.24) is 14.5 Å². The fourth-order valence-corrected chi connectivity index (χ4v) is 6.79. The Morgan fingerprint density at radius 1 is 1.27 bits per heavy atom. The van der Waals surface area contributed by atoms with Crippen molar-refractivity contribution >= 4 is 43.7 Å². The molecule has 0 aliphatic carbocycles. The third kappa shape index (κ3) is 3.83. The number of carbonyl (C=O) groups excluding carboxylic acids is 1. The Morgan fingerprint density at radius 2 is 1.96 bits per heavy atom. The minimum absolute atomic E-state index is 0.0756. The lowest BCUT2D eigenvalue weighted by Gasteiger charge is -2.15. The highest BCUT2D eigenvalue weighted by atomic mass is 32.2. The number of carbonyl (C=O) groups is 1. The van der Waals surface area contributed by atoms with Gasteiger partial charge in [-0.3, -0.25) is 10.1 Å². The molecule has 2 aromatic heterocycles. The van der Waals surface area contributed by atoms with Gasteiger partial charge in [-0.2, -0.15) is 4.31 Å². The Kier molecular flexibility index (Phi) is 6.06. The first-order valence-corrected chi connectivity index (χ1v) is 11.8. The van der Waals surface area contributed by atoms with Gasteiger partial charge in [0.15, 0.2) is 0 Å². The number of hydrogen-bond acceptors (Lipinski definition) is 7. The molecule has 3 heterocycles. The maximum Gasteiger partial charge on any atom is 0.268 e. The van der Waals surface area contributed by atoms with E-state index in [1.165, 1.54) is 21.7 Å². The zero-order valence-corrected chi connectivity index (χ0v) is 17.2. The van der Waals surface area contributed by atoms with Gasteiger partial charge in [-0.25, -0.2) is 8.42 Å². The van der Waals surface area contributed by atoms with E-state index in [0.29, 0.717) is 24.1 Å². The fraction of sp³-hybridized carbons (Fsp3) is 0.562. The second-order valence-electron chi connectivity index (χ2n) is 6.14. The first-order valence-electron chi connectivity index (χ1n) is 8.69. The van der Waals surface area contributed by atoms with Crippen molar-refractivity contribution in [1.29, 1.82) is 0 Å². The topological polar surface area (TPSA) is 92.3 Å². The minimum atomic E-state index is -3.63. The standard InChI is InChI=1S/C16H22N4O3S3/c1-3-11(4-2)15-18-19-16(25-15)17-14(21)13-12(7-10-24-13)26(22,23)20-8-5-6-9-20/h7,10-11H,3-6,8-9H2,1-2H3,(H,17,19,21). The van der Waals surface area contributed by atoms with Gasteiger partial charge in [0.25, 0.3) is 5.91 Å². The number of amides is 1. The first-order chi connectivity index (χ1) is 12.5. The van der Waals surface area contributed by atoms with Crippen LogP contribution in [0.2, 0.25) is 0 Å². The largest absolute Gasteiger partial charge is 0.296 e. The Balaban J connectivity index is 1.79. The number of thiophene rings is 1. The van der Waals surface area contributed by atoms with E-state index in [0.717, 1.165) is 42.0 Å². The summed E-state index contributed by atoms with van der Waals surface area (Å²) >= 11 is 2.47. The van der Waals surface area contributed by atoms with Crippen LogP contribution in [0.5, 0.6) is 0 Å². The summed E-state index contributed by atoms with van der Waals surface area (Å²) in [6, 6.07) is 1.50. The SMILES string of the molecule is CCC(CC)c1nnc(NC(=O)c2sccc2S(=O)(=O)N2CCCC2)s1. The van der Waals surface area contributed by atoms with Crippen molar-refractivity contribution in [3.05, 3.63) is 21.3 Å². The normalized spacial score (nSPS) is 15.7. The van der Waals surface area contributed by atoms with Crippen molar-refractivity contribution in [2.75, 3.05) is 18.4 Å². The van der Waals surface area contributed by atoms with E-state index in [9.17, 15) is 13.2 Å². The van der Waals surface area contributed by atoms with Crippen LogP contribution in [0.1, 0.15) is 60.1 Å². The van der Waals surface area contributed by atoms with Crippen LogP contribution in [0.3, 0.4) is 0 Å². The third-order valence-corrected chi connectivity index (χ3v) is 8.50. The number of hydrogen-bond donors (Lipinski definition) is 1. The number of nitrogens with one attached hydrogen (secondary N) is 1. The summed E-state index contributed by atoms with van der Waals surface area (Å²) in [6.07, 6.45) is 3.63. The monoisotopic (exact) mass is 414 g/mol. The quantitative estimate of drug-likeness (QED) is 0.748. The number of anilines is 1. The van der Waals surface area contributed by atoms with Crippen molar-refractivity contribution < 1.29 is 13.2 Å². The molecule has 1 saturated heterocycles. The van der Waals surface area contributed by atoms with Crippen LogP contribution >= 0.6 is 22.7 Å². The lowest BCUT2D eigenvalue weighted by Crippen LogP contribution is -2.29. The second kappa shape index (κ2) is 8.12. The fourth-order valence-electron chi connectivity index (χ4n) is 2.98. The Labute approximate surface area is 161 Å². The number of aromatic nitrogens is 2. The summed E-state index contributed by atoms with van der Waals surface area (Å²) < 4.78 is 27.0. The zero-order valence-electron chi connectivity index (χ0n) is 14.8. The number of sulfonamides is 1. The maximum absolute atomic E-state index is 12.8. The van der Waals surface area contributed by atoms with E-state index >= 15 is 0 Å². The molecule has 1 N–H and O–H groups in total. The van der Waals surface area contributed by atoms with Gasteiger partial charge in [-0.1, -0.05) is 25.2 Å². The lowest BCUT2D eigenvalue weighted by molar-refractivity contribution is 0.102. The molecule has 0 radical (unpaired) electrons. The van der Waals surface area contributed by atoms with Gasteiger partial charge in [0, 0.05) is 19.0 Å². The summed E-state index contributed by atoms with van der Waals surface area (Å²) in [7, 11) is -3.63. The summed E-state index contributed by atoms with van der Waals surface area (Å²) in [5, 5.41) is 13.8. The van der Waals surface area contributed by atoms with E-state index in [4.69, 9.17) is 0 Å². The highest BCUT2D eigenvalue weighted by Crippen LogP contribution is 2.30. The predicted molar refractivity (Wildman–Crippen MR) is 103 cm³/mol. The van der Waals surface area contributed by atoms with Crippen LogP contribution < -0.4 is 5.32 Å². The van der Waals surface area contributed by atoms with Gasteiger partial charge in [-0.15, -0.1) is 21.5 Å². The highest BCUT2D eigenvalue weighted by molar-refractivity contribution is 7.89. The number of nitrogens with zero attached hydrogens (tertiary/aromatic N) is 3. The molecule has 0 bridgehead atoms. The van der Waals surface area contributed by atoms with E-state index in [1.807, 2.05) is 0 Å². The Hall–Kier alpha value is -1.36. The molecular formula is C16H22N4O3S3. The molecule has 1 aliphatic rings. The van der Waals surface area contributed by atoms with Crippen molar-refractivity contribution in [2.24, 2.45) is 0 Å². The average molecular weight is 415 g/mol. The first kappa shape index (κ1) is 19.4. The van der Waals surface area contributed by atoms with Crippen molar-refractivity contribution in [3.8, 4) is 0 Å². The molecule has 1 amide bonds.